The normalized spacial score (nSPS) is 18.5. The van der Waals surface area contributed by atoms with E-state index >= 15 is 0 Å². The van der Waals surface area contributed by atoms with E-state index in [-0.39, 0.29) is 17.3 Å². The number of nitrogens with two attached hydrogens (primary N) is 1. The van der Waals surface area contributed by atoms with Crippen LogP contribution < -0.4 is 11.1 Å². The maximum atomic E-state index is 10.2. The van der Waals surface area contributed by atoms with Crippen molar-refractivity contribution in [2.24, 2.45) is 11.7 Å². The molecule has 0 aromatic rings. The largest absolute Gasteiger partial charge is 0.412 e. The molecule has 0 radical (unpaired) electrons. The summed E-state index contributed by atoms with van der Waals surface area (Å²) in [7, 11) is 0. The lowest BCUT2D eigenvalue weighted by Crippen LogP contribution is -2.49. The Kier molecular flexibility index (Phi) is 2.44. The molecule has 5 N–H and O–H groups in total. The fourth-order valence-electron chi connectivity index (χ4n) is 0.490. The number of hydrogen-bond donors (Lipinski definition) is 2. The second-order valence-corrected chi connectivity index (χ2v) is 1.76. The minimum atomic E-state index is -0.182. The number of amides is 1. The van der Waals surface area contributed by atoms with Gasteiger partial charge in [-0.15, -0.1) is 0 Å². The SMILES string of the molecule is NC(=O)C1CNC1.O. The molecule has 1 fully saturated rings. The third kappa shape index (κ3) is 1.18. The van der Waals surface area contributed by atoms with Gasteiger partial charge >= 0.3 is 0 Å². The Balaban J connectivity index is 0.000000490. The molecule has 1 aliphatic rings. The zero-order chi connectivity index (χ0) is 5.28. The molecule has 0 aliphatic carbocycles. The summed E-state index contributed by atoms with van der Waals surface area (Å²) in [5, 5.41) is 2.94. The highest BCUT2D eigenvalue weighted by Crippen LogP contribution is 1.98. The molecule has 1 aliphatic heterocycles. The molecule has 0 aromatic carbocycles. The maximum Gasteiger partial charge on any atom is 0.223 e. The highest BCUT2D eigenvalue weighted by Gasteiger charge is 2.21. The summed E-state index contributed by atoms with van der Waals surface area (Å²) in [6.45, 7) is 1.55. The van der Waals surface area contributed by atoms with Gasteiger partial charge in [-0.2, -0.15) is 0 Å². The molecule has 0 spiro atoms. The van der Waals surface area contributed by atoms with Crippen molar-refractivity contribution < 1.29 is 10.3 Å². The molecule has 48 valence electrons. The minimum Gasteiger partial charge on any atom is -0.412 e. The van der Waals surface area contributed by atoms with Crippen molar-refractivity contribution in [3.63, 3.8) is 0 Å². The van der Waals surface area contributed by atoms with Gasteiger partial charge in [0.2, 0.25) is 5.91 Å². The predicted molar refractivity (Wildman–Crippen MR) is 29.2 cm³/mol. The van der Waals surface area contributed by atoms with E-state index in [1.807, 2.05) is 0 Å². The summed E-state index contributed by atoms with van der Waals surface area (Å²) in [6, 6.07) is 0. The van der Waals surface area contributed by atoms with Crippen molar-refractivity contribution in [2.45, 2.75) is 0 Å². The van der Waals surface area contributed by atoms with Crippen molar-refractivity contribution >= 4 is 5.91 Å². The van der Waals surface area contributed by atoms with Crippen LogP contribution in [0.25, 0.3) is 0 Å². The molecular weight excluding hydrogens is 108 g/mol. The fraction of sp³-hybridized carbons (Fsp3) is 0.750. The van der Waals surface area contributed by atoms with Crippen LogP contribution in [0, 0.1) is 5.92 Å². The van der Waals surface area contributed by atoms with Gasteiger partial charge in [-0.1, -0.05) is 0 Å². The number of nitrogens with one attached hydrogen (secondary N) is 1. The maximum absolute atomic E-state index is 10.2. The van der Waals surface area contributed by atoms with Crippen LogP contribution in [0.3, 0.4) is 0 Å². The van der Waals surface area contributed by atoms with E-state index in [0.29, 0.717) is 0 Å². The van der Waals surface area contributed by atoms with Crippen molar-refractivity contribution in [1.29, 1.82) is 0 Å². The van der Waals surface area contributed by atoms with E-state index < -0.39 is 0 Å². The summed E-state index contributed by atoms with van der Waals surface area (Å²) >= 11 is 0. The van der Waals surface area contributed by atoms with Crippen LogP contribution in [0.5, 0.6) is 0 Å². The van der Waals surface area contributed by atoms with Crippen LogP contribution in [-0.4, -0.2) is 24.5 Å². The quantitative estimate of drug-likeness (QED) is 0.412. The lowest BCUT2D eigenvalue weighted by molar-refractivity contribution is -0.123. The van der Waals surface area contributed by atoms with Crippen LogP contribution in [0.1, 0.15) is 0 Å². The third-order valence-electron chi connectivity index (χ3n) is 1.18. The zero-order valence-corrected chi connectivity index (χ0v) is 4.48. The number of hydrogen-bond acceptors (Lipinski definition) is 2. The van der Waals surface area contributed by atoms with Gasteiger partial charge in [-0.3, -0.25) is 4.79 Å². The standard InChI is InChI=1S/C4H8N2O.H2O/c5-4(7)3-1-6-2-3;/h3,6H,1-2H2,(H2,5,7);1H2. The highest BCUT2D eigenvalue weighted by molar-refractivity contribution is 5.77. The van der Waals surface area contributed by atoms with Gasteiger partial charge in [0.15, 0.2) is 0 Å². The molecule has 0 saturated carbocycles. The van der Waals surface area contributed by atoms with Crippen molar-refractivity contribution in [3.05, 3.63) is 0 Å². The van der Waals surface area contributed by atoms with Gasteiger partial charge in [0.05, 0.1) is 5.92 Å². The van der Waals surface area contributed by atoms with E-state index in [1.165, 1.54) is 0 Å². The molecule has 0 bridgehead atoms. The molecule has 4 heteroatoms. The van der Waals surface area contributed by atoms with Crippen LogP contribution in [0.2, 0.25) is 0 Å². The summed E-state index contributed by atoms with van der Waals surface area (Å²) in [5.41, 5.74) is 4.92. The van der Waals surface area contributed by atoms with Crippen LogP contribution >= 0.6 is 0 Å². The van der Waals surface area contributed by atoms with E-state index in [9.17, 15) is 4.79 Å². The summed E-state index contributed by atoms with van der Waals surface area (Å²) in [4.78, 5) is 10.2. The van der Waals surface area contributed by atoms with Crippen molar-refractivity contribution in [3.8, 4) is 0 Å². The van der Waals surface area contributed by atoms with Gasteiger partial charge in [-0.05, 0) is 0 Å². The predicted octanol–water partition coefficient (Wildman–Crippen LogP) is -2.13. The topological polar surface area (TPSA) is 86.6 Å². The molecule has 4 nitrogen and oxygen atoms in total. The van der Waals surface area contributed by atoms with Gasteiger partial charge in [0, 0.05) is 13.1 Å². The Morgan fingerprint density at radius 1 is 1.62 bits per heavy atom. The van der Waals surface area contributed by atoms with Crippen LogP contribution in [0.4, 0.5) is 0 Å². The molecule has 1 amide bonds. The number of rotatable bonds is 1. The number of carbonyl (C=O) groups excluding carboxylic acids is 1. The van der Waals surface area contributed by atoms with Gasteiger partial charge < -0.3 is 16.5 Å². The summed E-state index contributed by atoms with van der Waals surface area (Å²) in [6.07, 6.45) is 0. The smallest absolute Gasteiger partial charge is 0.223 e. The Morgan fingerprint density at radius 3 is 2.12 bits per heavy atom. The second kappa shape index (κ2) is 2.64. The average Bonchev–Trinajstić information content (AvgIpc) is 1.23. The fourth-order valence-corrected chi connectivity index (χ4v) is 0.490. The molecule has 8 heavy (non-hydrogen) atoms. The summed E-state index contributed by atoms with van der Waals surface area (Å²) in [5.74, 6) is -0.0706. The molecule has 1 rings (SSSR count). The first kappa shape index (κ1) is 7.39. The first-order chi connectivity index (χ1) is 3.30. The van der Waals surface area contributed by atoms with E-state index in [4.69, 9.17) is 5.73 Å². The lowest BCUT2D eigenvalue weighted by Gasteiger charge is -2.22. The Labute approximate surface area is 47.4 Å². The minimum absolute atomic E-state index is 0. The van der Waals surface area contributed by atoms with E-state index in [0.717, 1.165) is 13.1 Å². The molecule has 1 heterocycles. The molecule has 0 aromatic heterocycles. The Hall–Kier alpha value is -0.610. The van der Waals surface area contributed by atoms with Crippen molar-refractivity contribution in [2.75, 3.05) is 13.1 Å². The van der Waals surface area contributed by atoms with Crippen LogP contribution in [0.15, 0.2) is 0 Å². The van der Waals surface area contributed by atoms with E-state index in [2.05, 4.69) is 5.32 Å². The first-order valence-electron chi connectivity index (χ1n) is 2.31. The third-order valence-corrected chi connectivity index (χ3v) is 1.18. The highest BCUT2D eigenvalue weighted by atomic mass is 16.1. The van der Waals surface area contributed by atoms with Crippen molar-refractivity contribution in [1.82, 2.24) is 5.32 Å². The first-order valence-corrected chi connectivity index (χ1v) is 2.31. The zero-order valence-electron chi connectivity index (χ0n) is 4.48. The van der Waals surface area contributed by atoms with E-state index in [1.54, 1.807) is 0 Å². The molecule has 0 unspecified atom stereocenters. The lowest BCUT2D eigenvalue weighted by atomic mass is 10.0. The average molecular weight is 118 g/mol. The molecule has 0 atom stereocenters. The Morgan fingerprint density at radius 2 is 2.12 bits per heavy atom. The van der Waals surface area contributed by atoms with Gasteiger partial charge in [-0.25, -0.2) is 0 Å². The number of primary amides is 1. The monoisotopic (exact) mass is 118 g/mol. The molecular formula is C4H10N2O2. The Bertz CT molecular complexity index is 90.0. The van der Waals surface area contributed by atoms with Gasteiger partial charge in [0.25, 0.3) is 0 Å². The van der Waals surface area contributed by atoms with Crippen LogP contribution in [-0.2, 0) is 4.79 Å². The second-order valence-electron chi connectivity index (χ2n) is 1.76. The number of carbonyl (C=O) groups is 1. The molecule has 1 saturated heterocycles. The van der Waals surface area contributed by atoms with Gasteiger partial charge in [0.1, 0.15) is 0 Å². The summed E-state index contributed by atoms with van der Waals surface area (Å²) < 4.78 is 0.